The summed E-state index contributed by atoms with van der Waals surface area (Å²) < 4.78 is 1.62. The summed E-state index contributed by atoms with van der Waals surface area (Å²) in [6.07, 6.45) is 4.98. The normalized spacial score (nSPS) is 16.3. The van der Waals surface area contributed by atoms with Gasteiger partial charge in [-0.3, -0.25) is 14.9 Å². The van der Waals surface area contributed by atoms with Crippen LogP contribution in [0.1, 0.15) is 18.4 Å². The monoisotopic (exact) mass is 407 g/mol. The van der Waals surface area contributed by atoms with Gasteiger partial charge in [-0.25, -0.2) is 4.68 Å². The summed E-state index contributed by atoms with van der Waals surface area (Å²) in [5.74, 6) is 0.774. The Hall–Kier alpha value is -3.82. The molecule has 154 valence electrons. The summed E-state index contributed by atoms with van der Waals surface area (Å²) in [7, 11) is 0. The second kappa shape index (κ2) is 8.27. The van der Waals surface area contributed by atoms with Crippen LogP contribution in [-0.2, 0) is 4.79 Å². The average molecular weight is 407 g/mol. The van der Waals surface area contributed by atoms with Crippen molar-refractivity contribution in [3.63, 3.8) is 0 Å². The maximum absolute atomic E-state index is 12.9. The summed E-state index contributed by atoms with van der Waals surface area (Å²) in [6.45, 7) is 2.98. The van der Waals surface area contributed by atoms with Gasteiger partial charge in [0.15, 0.2) is 11.6 Å². The van der Waals surface area contributed by atoms with Crippen molar-refractivity contribution in [2.24, 2.45) is 5.92 Å². The highest BCUT2D eigenvalue weighted by Crippen LogP contribution is 2.29. The summed E-state index contributed by atoms with van der Waals surface area (Å²) in [6, 6.07) is 10.2. The number of hydrogen-bond donors (Lipinski definition) is 1. The van der Waals surface area contributed by atoms with E-state index in [1.807, 2.05) is 23.1 Å². The van der Waals surface area contributed by atoms with Crippen LogP contribution in [0.15, 0.2) is 48.8 Å². The van der Waals surface area contributed by atoms with Crippen molar-refractivity contribution in [1.29, 1.82) is 0 Å². The number of nitrogens with one attached hydrogen (secondary N) is 1. The van der Waals surface area contributed by atoms with E-state index in [2.05, 4.69) is 20.6 Å². The Labute approximate surface area is 172 Å². The van der Waals surface area contributed by atoms with Gasteiger partial charge in [0.2, 0.25) is 5.91 Å². The lowest BCUT2D eigenvalue weighted by Crippen LogP contribution is -2.41. The quantitative estimate of drug-likeness (QED) is 0.510. The SMILES string of the molecule is Cc1cccc([N+](=O)[O-])c1NC(=O)[C@@H]1CCCN(c2ccc(-n3cccn3)nn2)C1. The number of para-hydroxylation sites is 1. The molecule has 10 nitrogen and oxygen atoms in total. The molecule has 0 radical (unpaired) electrons. The lowest BCUT2D eigenvalue weighted by molar-refractivity contribution is -0.384. The first-order chi connectivity index (χ1) is 14.5. The number of nitro benzene ring substituents is 1. The van der Waals surface area contributed by atoms with E-state index in [-0.39, 0.29) is 23.2 Å². The number of nitrogens with zero attached hydrogens (tertiary/aromatic N) is 6. The smallest absolute Gasteiger partial charge is 0.293 e. The Morgan fingerprint density at radius 1 is 1.20 bits per heavy atom. The van der Waals surface area contributed by atoms with Gasteiger partial charge in [-0.2, -0.15) is 5.10 Å². The minimum atomic E-state index is -0.480. The van der Waals surface area contributed by atoms with Crippen molar-refractivity contribution < 1.29 is 9.72 Å². The molecule has 1 aliphatic heterocycles. The second-order valence-electron chi connectivity index (χ2n) is 7.20. The molecule has 0 unspecified atom stereocenters. The molecule has 1 aromatic carbocycles. The van der Waals surface area contributed by atoms with Gasteiger partial charge in [0.05, 0.1) is 10.8 Å². The van der Waals surface area contributed by atoms with Crippen LogP contribution in [0.3, 0.4) is 0 Å². The summed E-state index contributed by atoms with van der Waals surface area (Å²) in [4.78, 5) is 25.7. The average Bonchev–Trinajstić information content (AvgIpc) is 3.30. The van der Waals surface area contributed by atoms with Crippen molar-refractivity contribution in [2.45, 2.75) is 19.8 Å². The predicted octanol–water partition coefficient (Wildman–Crippen LogP) is 2.73. The highest BCUT2D eigenvalue weighted by molar-refractivity contribution is 5.96. The van der Waals surface area contributed by atoms with E-state index in [0.717, 1.165) is 13.0 Å². The zero-order chi connectivity index (χ0) is 21.1. The van der Waals surface area contributed by atoms with Crippen LogP contribution in [0.25, 0.3) is 5.82 Å². The van der Waals surface area contributed by atoms with Crippen molar-refractivity contribution in [3.05, 3.63) is 64.5 Å². The van der Waals surface area contributed by atoms with E-state index >= 15 is 0 Å². The number of aryl methyl sites for hydroxylation is 1. The highest BCUT2D eigenvalue weighted by Gasteiger charge is 2.28. The molecule has 1 N–H and O–H groups in total. The first kappa shape index (κ1) is 19.5. The van der Waals surface area contributed by atoms with Gasteiger partial charge < -0.3 is 10.2 Å². The molecule has 10 heteroatoms. The molecule has 1 fully saturated rings. The number of hydrogen-bond acceptors (Lipinski definition) is 7. The van der Waals surface area contributed by atoms with Gasteiger partial charge in [0.1, 0.15) is 5.69 Å². The van der Waals surface area contributed by atoms with E-state index in [9.17, 15) is 14.9 Å². The number of carbonyl (C=O) groups excluding carboxylic acids is 1. The summed E-state index contributed by atoms with van der Waals surface area (Å²) in [5, 5.41) is 26.7. The molecular formula is C20H21N7O3. The molecule has 0 bridgehead atoms. The zero-order valence-electron chi connectivity index (χ0n) is 16.4. The highest BCUT2D eigenvalue weighted by atomic mass is 16.6. The fourth-order valence-electron chi connectivity index (χ4n) is 3.60. The first-order valence-corrected chi connectivity index (χ1v) is 9.66. The number of anilines is 2. The molecule has 0 aliphatic carbocycles. The molecule has 3 heterocycles. The molecule has 30 heavy (non-hydrogen) atoms. The van der Waals surface area contributed by atoms with Gasteiger partial charge >= 0.3 is 0 Å². The fourth-order valence-corrected chi connectivity index (χ4v) is 3.60. The van der Waals surface area contributed by atoms with Crippen LogP contribution >= 0.6 is 0 Å². The maximum atomic E-state index is 12.9. The Bertz CT molecular complexity index is 1050. The van der Waals surface area contributed by atoms with E-state index < -0.39 is 4.92 Å². The molecule has 1 atom stereocenters. The Morgan fingerprint density at radius 2 is 2.00 bits per heavy atom. The van der Waals surface area contributed by atoms with Gasteiger partial charge in [-0.15, -0.1) is 10.2 Å². The number of benzene rings is 1. The Balaban J connectivity index is 1.47. The van der Waals surface area contributed by atoms with Crippen molar-refractivity contribution in [1.82, 2.24) is 20.0 Å². The molecule has 4 rings (SSSR count). The third kappa shape index (κ3) is 3.97. The van der Waals surface area contributed by atoms with Crippen LogP contribution in [-0.4, -0.2) is 43.9 Å². The summed E-state index contributed by atoms with van der Waals surface area (Å²) in [5.41, 5.74) is 0.814. The van der Waals surface area contributed by atoms with E-state index in [1.165, 1.54) is 6.07 Å². The molecule has 1 amide bonds. The minimum absolute atomic E-state index is 0.101. The third-order valence-corrected chi connectivity index (χ3v) is 5.19. The number of rotatable bonds is 5. The molecule has 2 aromatic heterocycles. The fraction of sp³-hybridized carbons (Fsp3) is 0.300. The van der Waals surface area contributed by atoms with Gasteiger partial charge in [-0.1, -0.05) is 12.1 Å². The number of aromatic nitrogens is 4. The van der Waals surface area contributed by atoms with Crippen LogP contribution < -0.4 is 10.2 Å². The van der Waals surface area contributed by atoms with Gasteiger partial charge in [0, 0.05) is 31.5 Å². The second-order valence-corrected chi connectivity index (χ2v) is 7.20. The number of nitro groups is 1. The van der Waals surface area contributed by atoms with Crippen molar-refractivity contribution >= 4 is 23.1 Å². The van der Waals surface area contributed by atoms with Crippen LogP contribution in [0, 0.1) is 23.0 Å². The standard InChI is InChI=1S/C20H21N7O3/c1-14-5-2-7-16(27(29)30)19(14)22-20(28)15-6-3-11-25(13-15)17-8-9-18(24-23-17)26-12-4-10-21-26/h2,4-5,7-10,12,15H,3,6,11,13H2,1H3,(H,22,28)/t15-/m1/s1. The predicted molar refractivity (Wildman–Crippen MR) is 111 cm³/mol. The molecule has 0 saturated carbocycles. The van der Waals surface area contributed by atoms with Gasteiger partial charge in [-0.05, 0) is 43.5 Å². The van der Waals surface area contributed by atoms with Crippen LogP contribution in [0.4, 0.5) is 17.2 Å². The molecule has 3 aromatic rings. The largest absolute Gasteiger partial charge is 0.354 e. The van der Waals surface area contributed by atoms with Crippen LogP contribution in [0.5, 0.6) is 0 Å². The third-order valence-electron chi connectivity index (χ3n) is 5.19. The van der Waals surface area contributed by atoms with Gasteiger partial charge in [0.25, 0.3) is 5.69 Å². The minimum Gasteiger partial charge on any atom is -0.354 e. The first-order valence-electron chi connectivity index (χ1n) is 9.66. The lowest BCUT2D eigenvalue weighted by Gasteiger charge is -2.32. The van der Waals surface area contributed by atoms with E-state index in [4.69, 9.17) is 0 Å². The van der Waals surface area contributed by atoms with E-state index in [0.29, 0.717) is 30.2 Å². The molecule has 0 spiro atoms. The lowest BCUT2D eigenvalue weighted by atomic mass is 9.96. The summed E-state index contributed by atoms with van der Waals surface area (Å²) >= 11 is 0. The van der Waals surface area contributed by atoms with Crippen molar-refractivity contribution in [2.75, 3.05) is 23.3 Å². The number of piperidine rings is 1. The Morgan fingerprint density at radius 3 is 2.70 bits per heavy atom. The molecule has 1 saturated heterocycles. The number of amides is 1. The van der Waals surface area contributed by atoms with Crippen LogP contribution in [0.2, 0.25) is 0 Å². The maximum Gasteiger partial charge on any atom is 0.293 e. The van der Waals surface area contributed by atoms with E-state index in [1.54, 1.807) is 36.1 Å². The molecule has 1 aliphatic rings. The molecular weight excluding hydrogens is 386 g/mol. The van der Waals surface area contributed by atoms with Crippen molar-refractivity contribution in [3.8, 4) is 5.82 Å². The Kier molecular flexibility index (Phi) is 5.38. The zero-order valence-corrected chi connectivity index (χ0v) is 16.4. The topological polar surface area (TPSA) is 119 Å². The number of carbonyl (C=O) groups is 1.